The van der Waals surface area contributed by atoms with Gasteiger partial charge in [-0.2, -0.15) is 0 Å². The van der Waals surface area contributed by atoms with E-state index in [-0.39, 0.29) is 22.7 Å². The lowest BCUT2D eigenvalue weighted by Crippen LogP contribution is -1.96. The van der Waals surface area contributed by atoms with Crippen LogP contribution in [0.2, 0.25) is 5.02 Å². The van der Waals surface area contributed by atoms with E-state index in [0.717, 1.165) is 0 Å². The molecule has 0 unspecified atom stereocenters. The maximum atomic E-state index is 11.0. The van der Waals surface area contributed by atoms with Crippen LogP contribution in [-0.4, -0.2) is 11.2 Å². The van der Waals surface area contributed by atoms with Gasteiger partial charge in [0.2, 0.25) is 5.75 Å². The highest BCUT2D eigenvalue weighted by Gasteiger charge is 2.19. The van der Waals surface area contributed by atoms with Gasteiger partial charge in [0.25, 0.3) is 0 Å². The first-order valence-electron chi connectivity index (χ1n) is 5.38. The van der Waals surface area contributed by atoms with Crippen molar-refractivity contribution in [2.24, 2.45) is 0 Å². The van der Waals surface area contributed by atoms with Crippen molar-refractivity contribution in [3.8, 4) is 11.5 Å². The van der Waals surface area contributed by atoms with Crippen molar-refractivity contribution in [2.45, 2.75) is 0 Å². The minimum atomic E-state index is -0.559. The molecule has 5 nitrogen and oxygen atoms in total. The predicted molar refractivity (Wildman–Crippen MR) is 77.7 cm³/mol. The zero-order chi connectivity index (χ0) is 14.7. The van der Waals surface area contributed by atoms with Crippen molar-refractivity contribution in [2.75, 3.05) is 0 Å². The Balaban J connectivity index is 2.50. The molecule has 2 aromatic rings. The molecule has 0 saturated carbocycles. The smallest absolute Gasteiger partial charge is 0.312 e. The molecule has 0 bridgehead atoms. The van der Waals surface area contributed by atoms with E-state index in [9.17, 15) is 14.9 Å². The van der Waals surface area contributed by atoms with Crippen molar-refractivity contribution in [1.82, 2.24) is 0 Å². The van der Waals surface area contributed by atoms with Gasteiger partial charge in [0.15, 0.2) is 6.29 Å². The van der Waals surface area contributed by atoms with Crippen LogP contribution in [0.4, 0.5) is 5.69 Å². The van der Waals surface area contributed by atoms with E-state index in [1.807, 2.05) is 0 Å². The van der Waals surface area contributed by atoms with Gasteiger partial charge in [-0.05, 0) is 40.2 Å². The van der Waals surface area contributed by atoms with Gasteiger partial charge in [0, 0.05) is 11.1 Å². The van der Waals surface area contributed by atoms with Crippen LogP contribution in [0, 0.1) is 10.1 Å². The molecule has 20 heavy (non-hydrogen) atoms. The molecule has 0 aliphatic heterocycles. The lowest BCUT2D eigenvalue weighted by molar-refractivity contribution is -0.385. The van der Waals surface area contributed by atoms with E-state index in [4.69, 9.17) is 16.3 Å². The number of nitrogens with zero attached hydrogens (tertiary/aromatic N) is 1. The second-order valence-electron chi connectivity index (χ2n) is 3.75. The van der Waals surface area contributed by atoms with E-state index < -0.39 is 4.92 Å². The first-order chi connectivity index (χ1) is 9.52. The van der Waals surface area contributed by atoms with Crippen LogP contribution < -0.4 is 4.74 Å². The predicted octanol–water partition coefficient (Wildman–Crippen LogP) is 4.62. The van der Waals surface area contributed by atoms with Crippen molar-refractivity contribution in [1.29, 1.82) is 0 Å². The number of hydrogen-bond donors (Lipinski definition) is 0. The number of halogens is 2. The third-order valence-electron chi connectivity index (χ3n) is 2.45. The van der Waals surface area contributed by atoms with Crippen LogP contribution >= 0.6 is 27.5 Å². The number of rotatable bonds is 4. The summed E-state index contributed by atoms with van der Waals surface area (Å²) in [6, 6.07) is 8.89. The van der Waals surface area contributed by atoms with E-state index in [2.05, 4.69) is 15.9 Å². The number of carbonyl (C=O) groups is 1. The molecule has 0 radical (unpaired) electrons. The topological polar surface area (TPSA) is 69.4 Å². The molecule has 0 saturated heterocycles. The number of ether oxygens (including phenoxy) is 1. The standard InChI is InChI=1S/C13H7BrClNO4/c14-10-2-1-3-11(16(18)19)13(10)20-12-5-4-9(15)6-8(12)7-17/h1-7H. The van der Waals surface area contributed by atoms with Crippen LogP contribution in [0.3, 0.4) is 0 Å². The van der Waals surface area contributed by atoms with Crippen molar-refractivity contribution >= 4 is 39.5 Å². The second kappa shape index (κ2) is 6.02. The number of nitro groups is 1. The maximum absolute atomic E-state index is 11.0. The molecule has 0 spiro atoms. The summed E-state index contributed by atoms with van der Waals surface area (Å²) >= 11 is 8.97. The van der Waals surface area contributed by atoms with Gasteiger partial charge in [-0.25, -0.2) is 0 Å². The molecule has 7 heteroatoms. The summed E-state index contributed by atoms with van der Waals surface area (Å²) in [5, 5.41) is 11.4. The average molecular weight is 357 g/mol. The fourth-order valence-electron chi connectivity index (χ4n) is 1.56. The van der Waals surface area contributed by atoms with Gasteiger partial charge >= 0.3 is 5.69 Å². The van der Waals surface area contributed by atoms with E-state index in [0.29, 0.717) is 15.8 Å². The number of aldehydes is 1. The van der Waals surface area contributed by atoms with E-state index in [1.54, 1.807) is 6.07 Å². The minimum Gasteiger partial charge on any atom is -0.448 e. The molecular weight excluding hydrogens is 350 g/mol. The SMILES string of the molecule is O=Cc1cc(Cl)ccc1Oc1c(Br)cccc1[N+](=O)[O-]. The Morgan fingerprint density at radius 1 is 1.30 bits per heavy atom. The first-order valence-corrected chi connectivity index (χ1v) is 6.55. The van der Waals surface area contributed by atoms with Crippen LogP contribution in [0.15, 0.2) is 40.9 Å². The Kier molecular flexibility index (Phi) is 4.36. The third-order valence-corrected chi connectivity index (χ3v) is 3.31. The minimum absolute atomic E-state index is 0.0305. The first kappa shape index (κ1) is 14.5. The lowest BCUT2D eigenvalue weighted by atomic mass is 10.2. The average Bonchev–Trinajstić information content (AvgIpc) is 2.42. The Hall–Kier alpha value is -1.92. The number of nitro benzene ring substituents is 1. The third kappa shape index (κ3) is 2.97. The molecule has 0 aromatic heterocycles. The Morgan fingerprint density at radius 2 is 2.05 bits per heavy atom. The molecular formula is C13H7BrClNO4. The molecule has 0 fully saturated rings. The van der Waals surface area contributed by atoms with Crippen LogP contribution in [0.5, 0.6) is 11.5 Å². The van der Waals surface area contributed by atoms with Gasteiger partial charge in [0.05, 0.1) is 15.0 Å². The Bertz CT molecular complexity index is 690. The highest BCUT2D eigenvalue weighted by Crippen LogP contribution is 2.39. The normalized spacial score (nSPS) is 10.1. The summed E-state index contributed by atoms with van der Waals surface area (Å²) < 4.78 is 5.92. The monoisotopic (exact) mass is 355 g/mol. The zero-order valence-electron chi connectivity index (χ0n) is 9.88. The molecule has 0 N–H and O–H groups in total. The highest BCUT2D eigenvalue weighted by atomic mass is 79.9. The largest absolute Gasteiger partial charge is 0.448 e. The van der Waals surface area contributed by atoms with Gasteiger partial charge in [-0.1, -0.05) is 17.7 Å². The fourth-order valence-corrected chi connectivity index (χ4v) is 2.17. The van der Waals surface area contributed by atoms with E-state index >= 15 is 0 Å². The number of benzene rings is 2. The van der Waals surface area contributed by atoms with Gasteiger partial charge < -0.3 is 4.74 Å². The van der Waals surface area contributed by atoms with Gasteiger partial charge in [-0.15, -0.1) is 0 Å². The fraction of sp³-hybridized carbons (Fsp3) is 0. The molecule has 0 heterocycles. The second-order valence-corrected chi connectivity index (χ2v) is 5.04. The van der Waals surface area contributed by atoms with Crippen molar-refractivity contribution in [3.05, 3.63) is 61.6 Å². The van der Waals surface area contributed by atoms with Crippen molar-refractivity contribution in [3.63, 3.8) is 0 Å². The number of para-hydroxylation sites is 1. The Morgan fingerprint density at radius 3 is 2.70 bits per heavy atom. The molecule has 2 rings (SSSR count). The van der Waals surface area contributed by atoms with Crippen LogP contribution in [0.25, 0.3) is 0 Å². The summed E-state index contributed by atoms with van der Waals surface area (Å²) in [7, 11) is 0. The Labute approximate surface area is 127 Å². The summed E-state index contributed by atoms with van der Waals surface area (Å²) in [5.74, 6) is 0.224. The van der Waals surface area contributed by atoms with Gasteiger partial charge in [0.1, 0.15) is 5.75 Å². The van der Waals surface area contributed by atoms with Gasteiger partial charge in [-0.3, -0.25) is 14.9 Å². The summed E-state index contributed by atoms with van der Waals surface area (Å²) in [6.07, 6.45) is 0.573. The molecule has 2 aromatic carbocycles. The quantitative estimate of drug-likeness (QED) is 0.455. The number of hydrogen-bond acceptors (Lipinski definition) is 4. The summed E-state index contributed by atoms with van der Waals surface area (Å²) in [5.41, 5.74) is 0.00808. The zero-order valence-corrected chi connectivity index (χ0v) is 12.2. The molecule has 102 valence electrons. The van der Waals surface area contributed by atoms with Crippen LogP contribution in [0.1, 0.15) is 10.4 Å². The number of carbonyl (C=O) groups excluding carboxylic acids is 1. The summed E-state index contributed by atoms with van der Waals surface area (Å²) in [4.78, 5) is 21.4. The maximum Gasteiger partial charge on any atom is 0.312 e. The van der Waals surface area contributed by atoms with E-state index in [1.165, 1.54) is 30.3 Å². The lowest BCUT2D eigenvalue weighted by Gasteiger charge is -2.10. The molecule has 0 atom stereocenters. The molecule has 0 aliphatic rings. The van der Waals surface area contributed by atoms with Crippen molar-refractivity contribution < 1.29 is 14.5 Å². The van der Waals surface area contributed by atoms with Crippen LogP contribution in [-0.2, 0) is 0 Å². The summed E-state index contributed by atoms with van der Waals surface area (Å²) in [6.45, 7) is 0. The molecule has 0 aliphatic carbocycles. The molecule has 0 amide bonds. The highest BCUT2D eigenvalue weighted by molar-refractivity contribution is 9.10.